The number of rotatable bonds is 8. The van der Waals surface area contributed by atoms with Gasteiger partial charge >= 0.3 is 6.09 Å². The molecule has 1 unspecified atom stereocenters. The third-order valence-corrected chi connectivity index (χ3v) is 13.6. The minimum Gasteiger partial charge on any atom is -0.444 e. The third kappa shape index (κ3) is 8.84. The second-order valence-corrected chi connectivity index (χ2v) is 18.0. The molecule has 1 saturated heterocycles. The van der Waals surface area contributed by atoms with E-state index in [2.05, 4.69) is 47.1 Å². The SMILES string of the molecule is C=CC[C@@](C)(NC(=O)[C@@H]1C[C@@H]2CN1C(=O)[C@H](C1CCCCC1)NC(C)CCCCCCc1cccc3c1CN(C3)C(=O)O2)C(=O)NS(=O)(=O)C1CC1. The number of nitrogens with zero attached hydrogens (tertiary/aromatic N) is 2. The van der Waals surface area contributed by atoms with Gasteiger partial charge in [0.2, 0.25) is 21.8 Å². The Morgan fingerprint density at radius 3 is 2.42 bits per heavy atom. The van der Waals surface area contributed by atoms with Gasteiger partial charge in [0.15, 0.2) is 0 Å². The van der Waals surface area contributed by atoms with Crippen LogP contribution in [-0.4, -0.2) is 83.6 Å². The van der Waals surface area contributed by atoms with Gasteiger partial charge in [0.05, 0.1) is 17.8 Å². The van der Waals surface area contributed by atoms with E-state index in [1.165, 1.54) is 29.0 Å². The first-order valence-corrected chi connectivity index (χ1v) is 21.0. The van der Waals surface area contributed by atoms with Crippen LogP contribution in [-0.2, 0) is 48.7 Å². The molecule has 2 aliphatic carbocycles. The molecular formula is C39H57N5O7S. The van der Waals surface area contributed by atoms with Crippen molar-refractivity contribution in [3.63, 3.8) is 0 Å². The second kappa shape index (κ2) is 16.3. The van der Waals surface area contributed by atoms with Gasteiger partial charge in [-0.15, -0.1) is 6.58 Å². The average Bonchev–Trinajstić information content (AvgIpc) is 3.76. The number of carbonyl (C=O) groups excluding carboxylic acids is 4. The van der Waals surface area contributed by atoms with E-state index in [1.54, 1.807) is 4.90 Å². The van der Waals surface area contributed by atoms with Crippen LogP contribution in [0.3, 0.4) is 0 Å². The molecule has 1 aromatic carbocycles. The minimum atomic E-state index is -3.88. The molecule has 0 radical (unpaired) electrons. The van der Waals surface area contributed by atoms with Gasteiger partial charge in [-0.05, 0) is 87.8 Å². The van der Waals surface area contributed by atoms with Crippen LogP contribution in [0.15, 0.2) is 30.9 Å². The van der Waals surface area contributed by atoms with Gasteiger partial charge in [0, 0.05) is 25.6 Å². The van der Waals surface area contributed by atoms with Crippen molar-refractivity contribution in [2.24, 2.45) is 5.92 Å². The normalized spacial score (nSPS) is 27.8. The van der Waals surface area contributed by atoms with E-state index < -0.39 is 56.9 Å². The maximum atomic E-state index is 14.8. The zero-order valence-electron chi connectivity index (χ0n) is 30.9. The van der Waals surface area contributed by atoms with Crippen molar-refractivity contribution in [2.75, 3.05) is 6.54 Å². The molecule has 52 heavy (non-hydrogen) atoms. The zero-order chi connectivity index (χ0) is 37.0. The number of benzene rings is 1. The summed E-state index contributed by atoms with van der Waals surface area (Å²) in [6, 6.07) is 4.78. The fraction of sp³-hybridized carbons (Fsp3) is 0.692. The van der Waals surface area contributed by atoms with Crippen LogP contribution < -0.4 is 15.4 Å². The second-order valence-electron chi connectivity index (χ2n) is 16.0. The Bertz CT molecular complexity index is 1620. The number of carbonyl (C=O) groups is 4. The molecule has 3 heterocycles. The summed E-state index contributed by atoms with van der Waals surface area (Å²) in [4.78, 5) is 59.4. The Morgan fingerprint density at radius 1 is 1.00 bits per heavy atom. The molecule has 4 amide bonds. The molecule has 286 valence electrons. The molecule has 3 aliphatic heterocycles. The first kappa shape index (κ1) is 38.3. The first-order valence-electron chi connectivity index (χ1n) is 19.5. The number of ether oxygens (including phenoxy) is 1. The molecule has 2 saturated carbocycles. The molecule has 3 fully saturated rings. The average molecular weight is 740 g/mol. The highest BCUT2D eigenvalue weighted by Gasteiger charge is 2.48. The maximum absolute atomic E-state index is 14.8. The summed E-state index contributed by atoms with van der Waals surface area (Å²) in [5, 5.41) is 5.85. The molecular weight excluding hydrogens is 683 g/mol. The zero-order valence-corrected chi connectivity index (χ0v) is 31.7. The van der Waals surface area contributed by atoms with Gasteiger partial charge in [-0.1, -0.05) is 62.8 Å². The van der Waals surface area contributed by atoms with Crippen LogP contribution >= 0.6 is 0 Å². The van der Waals surface area contributed by atoms with Crippen LogP contribution in [0.2, 0.25) is 0 Å². The van der Waals surface area contributed by atoms with E-state index in [0.29, 0.717) is 25.9 Å². The summed E-state index contributed by atoms with van der Waals surface area (Å²) in [6.07, 6.45) is 12.4. The van der Waals surface area contributed by atoms with Gasteiger partial charge in [-0.2, -0.15) is 0 Å². The van der Waals surface area contributed by atoms with Crippen LogP contribution in [0.1, 0.15) is 120 Å². The third-order valence-electron chi connectivity index (χ3n) is 11.8. The van der Waals surface area contributed by atoms with E-state index in [9.17, 15) is 27.6 Å². The molecule has 6 rings (SSSR count). The summed E-state index contributed by atoms with van der Waals surface area (Å²) in [5.74, 6) is -1.57. The van der Waals surface area contributed by atoms with Crippen LogP contribution in [0.4, 0.5) is 4.79 Å². The van der Waals surface area contributed by atoms with Crippen molar-refractivity contribution in [3.05, 3.63) is 47.5 Å². The summed E-state index contributed by atoms with van der Waals surface area (Å²) in [7, 11) is -3.88. The fourth-order valence-electron chi connectivity index (χ4n) is 8.56. The molecule has 0 aromatic heterocycles. The standard InChI is InChI=1S/C39H57N5O7S/c1-4-21-39(3,37(47)42-52(49,50)31-19-20-31)41-35(45)33-22-30-24-44(33)36(46)34(28-15-10-7-11-16-28)40-26(2)13-8-5-6-9-14-27-17-12-18-29-23-43(25-32(27)29)38(48)51-30/h4,12,17-18,26,28,30-31,33-34,40H,1,5-11,13-16,19-25H2,2-3H3,(H,41,45)(H,42,47)/t26?,30-,33+,34+,39-/m1/s1. The predicted molar refractivity (Wildman–Crippen MR) is 197 cm³/mol. The van der Waals surface area contributed by atoms with Gasteiger partial charge in [0.1, 0.15) is 17.7 Å². The maximum Gasteiger partial charge on any atom is 0.410 e. The van der Waals surface area contributed by atoms with Crippen LogP contribution in [0.25, 0.3) is 0 Å². The van der Waals surface area contributed by atoms with Crippen molar-refractivity contribution < 1.29 is 32.3 Å². The topological polar surface area (TPSA) is 154 Å². The monoisotopic (exact) mass is 739 g/mol. The number of hydrogen-bond donors (Lipinski definition) is 3. The van der Waals surface area contributed by atoms with E-state index in [1.807, 2.05) is 0 Å². The highest BCUT2D eigenvalue weighted by atomic mass is 32.2. The summed E-state index contributed by atoms with van der Waals surface area (Å²) < 4.78 is 33.7. The largest absolute Gasteiger partial charge is 0.444 e. The predicted octanol–water partition coefficient (Wildman–Crippen LogP) is 4.60. The number of sulfonamides is 1. The van der Waals surface area contributed by atoms with Crippen molar-refractivity contribution in [2.45, 2.75) is 158 Å². The van der Waals surface area contributed by atoms with E-state index in [4.69, 9.17) is 4.74 Å². The van der Waals surface area contributed by atoms with E-state index >= 15 is 0 Å². The molecule has 1 aromatic rings. The molecule has 13 heteroatoms. The Morgan fingerprint density at radius 2 is 1.69 bits per heavy atom. The number of amides is 4. The van der Waals surface area contributed by atoms with Crippen molar-refractivity contribution in [1.82, 2.24) is 25.2 Å². The minimum absolute atomic E-state index is 0.0361. The number of hydrogen-bond acceptors (Lipinski definition) is 8. The molecule has 3 N–H and O–H groups in total. The Kier molecular flexibility index (Phi) is 12.0. The number of nitrogens with one attached hydrogen (secondary N) is 3. The lowest BCUT2D eigenvalue weighted by Crippen LogP contribution is -2.62. The van der Waals surface area contributed by atoms with E-state index in [0.717, 1.165) is 76.2 Å². The van der Waals surface area contributed by atoms with Crippen molar-refractivity contribution in [1.29, 1.82) is 0 Å². The summed E-state index contributed by atoms with van der Waals surface area (Å²) in [5.41, 5.74) is 1.91. The van der Waals surface area contributed by atoms with Gasteiger partial charge < -0.3 is 20.3 Å². The molecule has 5 atom stereocenters. The molecule has 0 spiro atoms. The highest BCUT2D eigenvalue weighted by Crippen LogP contribution is 2.33. The van der Waals surface area contributed by atoms with E-state index in [-0.39, 0.29) is 37.3 Å². The van der Waals surface area contributed by atoms with Gasteiger partial charge in [-0.3, -0.25) is 24.0 Å². The van der Waals surface area contributed by atoms with Gasteiger partial charge in [0.25, 0.3) is 5.91 Å². The quantitative estimate of drug-likeness (QED) is 0.327. The van der Waals surface area contributed by atoms with Crippen molar-refractivity contribution >= 4 is 33.8 Å². The number of fused-ring (bicyclic) bond motifs is 3. The number of aryl methyl sites for hydroxylation is 1. The fourth-order valence-corrected chi connectivity index (χ4v) is 9.97. The lowest BCUT2D eigenvalue weighted by atomic mass is 9.82. The first-order chi connectivity index (χ1) is 24.9. The molecule has 5 aliphatic rings. The van der Waals surface area contributed by atoms with Crippen LogP contribution in [0, 0.1) is 5.92 Å². The Balaban J connectivity index is 1.27. The van der Waals surface area contributed by atoms with Crippen molar-refractivity contribution in [3.8, 4) is 0 Å². The highest BCUT2D eigenvalue weighted by molar-refractivity contribution is 7.91. The Labute approximate surface area is 308 Å². The van der Waals surface area contributed by atoms with Gasteiger partial charge in [-0.25, -0.2) is 13.2 Å². The smallest absolute Gasteiger partial charge is 0.410 e. The summed E-state index contributed by atoms with van der Waals surface area (Å²) >= 11 is 0. The Hall–Kier alpha value is -3.45. The van der Waals surface area contributed by atoms with Crippen LogP contribution in [0.5, 0.6) is 0 Å². The lowest BCUT2D eigenvalue weighted by Gasteiger charge is -2.37. The lowest BCUT2D eigenvalue weighted by molar-refractivity contribution is -0.143. The summed E-state index contributed by atoms with van der Waals surface area (Å²) in [6.45, 7) is 8.25. The molecule has 12 nitrogen and oxygen atoms in total. The molecule has 4 bridgehead atoms.